The third-order valence-corrected chi connectivity index (χ3v) is 3.26. The van der Waals surface area contributed by atoms with Crippen molar-refractivity contribution in [3.05, 3.63) is 21.6 Å². The minimum Gasteiger partial charge on any atom is -0.464 e. The van der Waals surface area contributed by atoms with E-state index in [1.807, 2.05) is 0 Å². The molecule has 0 fully saturated rings. The molecule has 0 spiro atoms. The number of rotatable bonds is 6. The van der Waals surface area contributed by atoms with Crippen molar-refractivity contribution in [3.8, 4) is 0 Å². The Labute approximate surface area is 124 Å². The van der Waals surface area contributed by atoms with E-state index in [2.05, 4.69) is 31.4 Å². The molecule has 110 valence electrons. The molecule has 1 heterocycles. The van der Waals surface area contributed by atoms with Gasteiger partial charge in [-0.2, -0.15) is 0 Å². The summed E-state index contributed by atoms with van der Waals surface area (Å²) in [5.41, 5.74) is -1.44. The number of nitrogens with zero attached hydrogens (tertiary/aromatic N) is 2. The summed E-state index contributed by atoms with van der Waals surface area (Å²) in [7, 11) is 0. The van der Waals surface area contributed by atoms with Gasteiger partial charge >= 0.3 is 5.97 Å². The quantitative estimate of drug-likeness (QED) is 0.606. The number of anilines is 1. The SMILES string of the molecule is CCOC(=O)C(C)(O)C(C)Nc1cc(Br)cnc1N=O. The topological polar surface area (TPSA) is 101 Å². The molecule has 1 aromatic heterocycles. The van der Waals surface area contributed by atoms with Gasteiger partial charge in [0.05, 0.1) is 18.3 Å². The van der Waals surface area contributed by atoms with Gasteiger partial charge in [-0.15, -0.1) is 4.91 Å². The smallest absolute Gasteiger partial charge is 0.339 e. The standard InChI is InChI=1S/C12H16BrN3O4/c1-4-20-11(17)12(3,18)7(2)15-9-5-8(13)6-14-10(9)16-19/h5-7,15,18H,4H2,1-3H3. The minimum atomic E-state index is -1.75. The minimum absolute atomic E-state index is 0.0558. The van der Waals surface area contributed by atoms with Crippen LogP contribution in [0, 0.1) is 4.91 Å². The molecule has 20 heavy (non-hydrogen) atoms. The van der Waals surface area contributed by atoms with E-state index in [1.165, 1.54) is 13.1 Å². The largest absolute Gasteiger partial charge is 0.464 e. The van der Waals surface area contributed by atoms with Gasteiger partial charge in [0.1, 0.15) is 0 Å². The zero-order valence-corrected chi connectivity index (χ0v) is 13.0. The highest BCUT2D eigenvalue weighted by Crippen LogP contribution is 2.28. The summed E-state index contributed by atoms with van der Waals surface area (Å²) in [6, 6.07) is 0.875. The average Bonchev–Trinajstić information content (AvgIpc) is 2.39. The summed E-state index contributed by atoms with van der Waals surface area (Å²) >= 11 is 3.22. The van der Waals surface area contributed by atoms with E-state index in [0.717, 1.165) is 0 Å². The Bertz CT molecular complexity index is 507. The molecule has 0 amide bonds. The van der Waals surface area contributed by atoms with Crippen LogP contribution in [-0.4, -0.2) is 34.3 Å². The van der Waals surface area contributed by atoms with Crippen LogP contribution in [0.15, 0.2) is 21.9 Å². The summed E-state index contributed by atoms with van der Waals surface area (Å²) in [6.07, 6.45) is 1.43. The van der Waals surface area contributed by atoms with Gasteiger partial charge in [-0.3, -0.25) is 0 Å². The van der Waals surface area contributed by atoms with Gasteiger partial charge in [0.15, 0.2) is 5.60 Å². The predicted molar refractivity (Wildman–Crippen MR) is 77.7 cm³/mol. The van der Waals surface area contributed by atoms with Gasteiger partial charge in [0.2, 0.25) is 5.82 Å². The number of pyridine rings is 1. The average molecular weight is 346 g/mol. The highest BCUT2D eigenvalue weighted by Gasteiger charge is 2.38. The van der Waals surface area contributed by atoms with Crippen LogP contribution in [0.3, 0.4) is 0 Å². The van der Waals surface area contributed by atoms with E-state index in [9.17, 15) is 14.8 Å². The van der Waals surface area contributed by atoms with Crippen LogP contribution in [0.5, 0.6) is 0 Å². The van der Waals surface area contributed by atoms with Crippen LogP contribution in [-0.2, 0) is 9.53 Å². The van der Waals surface area contributed by atoms with Crippen molar-refractivity contribution in [1.29, 1.82) is 0 Å². The second kappa shape index (κ2) is 6.76. The van der Waals surface area contributed by atoms with Crippen molar-refractivity contribution in [1.82, 2.24) is 4.98 Å². The normalized spacial score (nSPS) is 15.1. The molecule has 2 atom stereocenters. The Morgan fingerprint density at radius 1 is 1.70 bits per heavy atom. The van der Waals surface area contributed by atoms with Crippen molar-refractivity contribution >= 4 is 33.4 Å². The molecule has 8 heteroatoms. The lowest BCUT2D eigenvalue weighted by molar-refractivity contribution is -0.164. The zero-order chi connectivity index (χ0) is 15.3. The molecule has 0 bridgehead atoms. The molecule has 0 aliphatic heterocycles. The molecule has 2 unspecified atom stereocenters. The number of hydrogen-bond donors (Lipinski definition) is 2. The van der Waals surface area contributed by atoms with Crippen LogP contribution in [0.2, 0.25) is 0 Å². The third-order valence-electron chi connectivity index (χ3n) is 2.82. The summed E-state index contributed by atoms with van der Waals surface area (Å²) in [5, 5.41) is 15.8. The molecule has 2 N–H and O–H groups in total. The molecule has 0 aliphatic rings. The number of ether oxygens (including phenoxy) is 1. The first-order valence-electron chi connectivity index (χ1n) is 5.98. The molecule has 0 saturated carbocycles. The number of nitroso groups, excluding NO2 is 1. The number of carbonyl (C=O) groups excluding carboxylic acids is 1. The van der Waals surface area contributed by atoms with E-state index in [0.29, 0.717) is 10.2 Å². The molecular weight excluding hydrogens is 330 g/mol. The number of halogens is 1. The lowest BCUT2D eigenvalue weighted by Gasteiger charge is -2.29. The maximum absolute atomic E-state index is 11.7. The first-order chi connectivity index (χ1) is 9.32. The summed E-state index contributed by atoms with van der Waals surface area (Å²) in [4.78, 5) is 26.2. The summed E-state index contributed by atoms with van der Waals surface area (Å²) in [6.45, 7) is 4.74. The highest BCUT2D eigenvalue weighted by molar-refractivity contribution is 9.10. The number of esters is 1. The van der Waals surface area contributed by atoms with Crippen molar-refractivity contribution in [2.45, 2.75) is 32.4 Å². The van der Waals surface area contributed by atoms with E-state index >= 15 is 0 Å². The Kier molecular flexibility index (Phi) is 5.58. The third kappa shape index (κ3) is 3.73. The Hall–Kier alpha value is -1.54. The van der Waals surface area contributed by atoms with Crippen LogP contribution >= 0.6 is 15.9 Å². The maximum atomic E-state index is 11.7. The van der Waals surface area contributed by atoms with Gasteiger partial charge in [-0.05, 0) is 47.9 Å². The van der Waals surface area contributed by atoms with Gasteiger partial charge in [-0.1, -0.05) is 0 Å². The lowest BCUT2D eigenvalue weighted by Crippen LogP contribution is -2.50. The fourth-order valence-corrected chi connectivity index (χ4v) is 1.77. The number of aromatic nitrogens is 1. The fraction of sp³-hybridized carbons (Fsp3) is 0.500. The maximum Gasteiger partial charge on any atom is 0.339 e. The molecule has 1 rings (SSSR count). The first kappa shape index (κ1) is 16.5. The highest BCUT2D eigenvalue weighted by atomic mass is 79.9. The van der Waals surface area contributed by atoms with E-state index < -0.39 is 17.6 Å². The van der Waals surface area contributed by atoms with Gasteiger partial charge in [0.25, 0.3) is 0 Å². The van der Waals surface area contributed by atoms with Gasteiger partial charge < -0.3 is 15.2 Å². The predicted octanol–water partition coefficient (Wildman–Crippen LogP) is 2.36. The molecule has 0 aliphatic carbocycles. The Balaban J connectivity index is 2.95. The monoisotopic (exact) mass is 345 g/mol. The molecule has 0 radical (unpaired) electrons. The van der Waals surface area contributed by atoms with Crippen LogP contribution < -0.4 is 5.32 Å². The molecule has 7 nitrogen and oxygen atoms in total. The Morgan fingerprint density at radius 2 is 2.35 bits per heavy atom. The number of hydrogen-bond acceptors (Lipinski definition) is 7. The first-order valence-corrected chi connectivity index (χ1v) is 6.77. The fourth-order valence-electron chi connectivity index (χ4n) is 1.44. The molecule has 0 saturated heterocycles. The molecule has 1 aromatic rings. The lowest BCUT2D eigenvalue weighted by atomic mass is 9.98. The number of carbonyl (C=O) groups is 1. The Morgan fingerprint density at radius 3 is 2.90 bits per heavy atom. The van der Waals surface area contributed by atoms with Crippen molar-refractivity contribution in [2.24, 2.45) is 5.18 Å². The second-order valence-corrected chi connectivity index (χ2v) is 5.27. The molecular formula is C12H16BrN3O4. The number of nitrogens with one attached hydrogen (secondary N) is 1. The van der Waals surface area contributed by atoms with E-state index in [1.54, 1.807) is 19.9 Å². The second-order valence-electron chi connectivity index (χ2n) is 4.35. The van der Waals surface area contributed by atoms with E-state index in [4.69, 9.17) is 4.74 Å². The van der Waals surface area contributed by atoms with Gasteiger partial charge in [-0.25, -0.2) is 9.78 Å². The van der Waals surface area contributed by atoms with Crippen LogP contribution in [0.4, 0.5) is 11.5 Å². The van der Waals surface area contributed by atoms with Crippen LogP contribution in [0.25, 0.3) is 0 Å². The summed E-state index contributed by atoms with van der Waals surface area (Å²) in [5.74, 6) is -0.803. The van der Waals surface area contributed by atoms with Crippen molar-refractivity contribution in [3.63, 3.8) is 0 Å². The number of aliphatic hydroxyl groups is 1. The van der Waals surface area contributed by atoms with E-state index in [-0.39, 0.29) is 12.4 Å². The van der Waals surface area contributed by atoms with Crippen molar-refractivity contribution < 1.29 is 14.6 Å². The van der Waals surface area contributed by atoms with Gasteiger partial charge in [0, 0.05) is 10.7 Å². The zero-order valence-electron chi connectivity index (χ0n) is 11.4. The summed E-state index contributed by atoms with van der Waals surface area (Å²) < 4.78 is 5.44. The molecule has 0 aromatic carbocycles. The van der Waals surface area contributed by atoms with Crippen LogP contribution in [0.1, 0.15) is 20.8 Å². The van der Waals surface area contributed by atoms with Crippen molar-refractivity contribution in [2.75, 3.05) is 11.9 Å².